The van der Waals surface area contributed by atoms with Crippen molar-refractivity contribution in [3.05, 3.63) is 108 Å². The predicted molar refractivity (Wildman–Crippen MR) is 207 cm³/mol. The third kappa shape index (κ3) is 7.84. The lowest BCUT2D eigenvalue weighted by atomic mass is 9.98. The van der Waals surface area contributed by atoms with Crippen LogP contribution in [-0.4, -0.2) is 76.0 Å². The Morgan fingerprint density at radius 2 is 1.41 bits per heavy atom. The Balaban J connectivity index is 1.23. The zero-order valence-electron chi connectivity index (χ0n) is 31.0. The molecule has 0 N–H and O–H groups in total. The van der Waals surface area contributed by atoms with Gasteiger partial charge < -0.3 is 28.4 Å². The minimum atomic E-state index is -0.909. The molecular formula is C42H35N3O10S. The number of esters is 1. The SMILES string of the molecule is COc1ccc(C(=O)COC(=O)c2ccc(N3C(=O)CC(Sc4nc(-c5ccccc5)cc(-c5cc(OC)c(OC)c(OC)c5)c4C#N)C3=O)cc2)cc1OC. The molecule has 1 saturated heterocycles. The van der Waals surface area contributed by atoms with E-state index in [2.05, 4.69) is 6.07 Å². The van der Waals surface area contributed by atoms with Gasteiger partial charge in [0.2, 0.25) is 17.6 Å². The van der Waals surface area contributed by atoms with E-state index in [0.29, 0.717) is 45.6 Å². The summed E-state index contributed by atoms with van der Waals surface area (Å²) < 4.78 is 32.3. The van der Waals surface area contributed by atoms with Gasteiger partial charge in [0.15, 0.2) is 35.4 Å². The maximum absolute atomic E-state index is 13.9. The number of thioether (sulfide) groups is 1. The number of ether oxygens (including phenoxy) is 6. The number of carbonyl (C=O) groups excluding carboxylic acids is 4. The highest BCUT2D eigenvalue weighted by atomic mass is 32.2. The summed E-state index contributed by atoms with van der Waals surface area (Å²) >= 11 is 1.02. The summed E-state index contributed by atoms with van der Waals surface area (Å²) in [5.41, 5.74) is 3.20. The Labute approximate surface area is 326 Å². The van der Waals surface area contributed by atoms with Crippen LogP contribution in [-0.2, 0) is 14.3 Å². The molecule has 1 aromatic heterocycles. The molecule has 2 amide bonds. The fourth-order valence-electron chi connectivity index (χ4n) is 6.09. The minimum Gasteiger partial charge on any atom is -0.493 e. The highest BCUT2D eigenvalue weighted by Crippen LogP contribution is 2.44. The topological polar surface area (TPSA) is 164 Å². The molecular weight excluding hydrogens is 739 g/mol. The second-order valence-electron chi connectivity index (χ2n) is 12.1. The van der Waals surface area contributed by atoms with Gasteiger partial charge in [0.25, 0.3) is 0 Å². The van der Waals surface area contributed by atoms with E-state index in [1.807, 2.05) is 30.3 Å². The molecule has 1 aliphatic rings. The van der Waals surface area contributed by atoms with E-state index < -0.39 is 35.4 Å². The second-order valence-corrected chi connectivity index (χ2v) is 13.3. The fourth-order valence-corrected chi connectivity index (χ4v) is 7.22. The lowest BCUT2D eigenvalue weighted by Gasteiger charge is -2.18. The number of ketones is 1. The summed E-state index contributed by atoms with van der Waals surface area (Å²) in [7, 11) is 7.41. The number of methoxy groups -OCH3 is 5. The Hall–Kier alpha value is -6.85. The number of pyridine rings is 1. The molecule has 0 aliphatic carbocycles. The van der Waals surface area contributed by atoms with Crippen LogP contribution in [0, 0.1) is 11.3 Å². The maximum Gasteiger partial charge on any atom is 0.338 e. The number of benzene rings is 4. The molecule has 284 valence electrons. The molecule has 0 spiro atoms. The molecule has 1 unspecified atom stereocenters. The molecule has 0 radical (unpaired) electrons. The lowest BCUT2D eigenvalue weighted by molar-refractivity contribution is -0.121. The molecule has 13 nitrogen and oxygen atoms in total. The van der Waals surface area contributed by atoms with Gasteiger partial charge in [-0.3, -0.25) is 14.4 Å². The van der Waals surface area contributed by atoms with Crippen molar-refractivity contribution in [3.8, 4) is 57.2 Å². The summed E-state index contributed by atoms with van der Waals surface area (Å²) in [4.78, 5) is 58.6. The summed E-state index contributed by atoms with van der Waals surface area (Å²) in [5, 5.41) is 9.86. The van der Waals surface area contributed by atoms with Crippen LogP contribution in [0.1, 0.15) is 32.7 Å². The Morgan fingerprint density at radius 3 is 2.02 bits per heavy atom. The molecule has 5 aromatic rings. The van der Waals surface area contributed by atoms with Gasteiger partial charge in [-0.1, -0.05) is 42.1 Å². The van der Waals surface area contributed by atoms with Crippen LogP contribution in [0.15, 0.2) is 96.0 Å². The average Bonchev–Trinajstić information content (AvgIpc) is 3.52. The molecule has 0 saturated carbocycles. The number of Topliss-reactive ketones (excluding diaryl/α,β-unsaturated/α-hetero) is 1. The van der Waals surface area contributed by atoms with Crippen LogP contribution in [0.5, 0.6) is 28.7 Å². The van der Waals surface area contributed by atoms with Gasteiger partial charge in [-0.2, -0.15) is 5.26 Å². The van der Waals surface area contributed by atoms with Crippen LogP contribution in [0.4, 0.5) is 5.69 Å². The normalized spacial score (nSPS) is 13.5. The van der Waals surface area contributed by atoms with Crippen molar-refractivity contribution in [1.82, 2.24) is 4.98 Å². The van der Waals surface area contributed by atoms with Crippen molar-refractivity contribution in [3.63, 3.8) is 0 Å². The first kappa shape index (κ1) is 38.9. The van der Waals surface area contributed by atoms with Gasteiger partial charge in [-0.15, -0.1) is 0 Å². The molecule has 14 heteroatoms. The largest absolute Gasteiger partial charge is 0.493 e. The number of anilines is 1. The minimum absolute atomic E-state index is 0.110. The van der Waals surface area contributed by atoms with Gasteiger partial charge in [0.05, 0.1) is 63.3 Å². The monoisotopic (exact) mass is 773 g/mol. The zero-order valence-corrected chi connectivity index (χ0v) is 31.8. The van der Waals surface area contributed by atoms with Gasteiger partial charge in [-0.05, 0) is 66.2 Å². The quantitative estimate of drug-likeness (QED) is 0.0659. The number of rotatable bonds is 14. The predicted octanol–water partition coefficient (Wildman–Crippen LogP) is 6.79. The van der Waals surface area contributed by atoms with E-state index in [1.54, 1.807) is 24.3 Å². The van der Waals surface area contributed by atoms with E-state index in [-0.39, 0.29) is 33.8 Å². The Kier molecular flexibility index (Phi) is 11.9. The van der Waals surface area contributed by atoms with E-state index >= 15 is 0 Å². The molecule has 4 aromatic carbocycles. The van der Waals surface area contributed by atoms with Gasteiger partial charge >= 0.3 is 5.97 Å². The van der Waals surface area contributed by atoms with Crippen LogP contribution in [0.2, 0.25) is 0 Å². The number of amides is 2. The molecule has 1 aliphatic heterocycles. The molecule has 1 fully saturated rings. The van der Waals surface area contributed by atoms with Crippen molar-refractivity contribution in [1.29, 1.82) is 5.26 Å². The van der Waals surface area contributed by atoms with E-state index in [9.17, 15) is 24.4 Å². The smallest absolute Gasteiger partial charge is 0.338 e. The summed E-state index contributed by atoms with van der Waals surface area (Å²) in [5.74, 6) is -0.253. The van der Waals surface area contributed by atoms with Crippen LogP contribution >= 0.6 is 11.8 Å². The maximum atomic E-state index is 13.9. The van der Waals surface area contributed by atoms with Crippen molar-refractivity contribution in [2.45, 2.75) is 16.7 Å². The van der Waals surface area contributed by atoms with Crippen molar-refractivity contribution in [2.24, 2.45) is 0 Å². The van der Waals surface area contributed by atoms with Crippen LogP contribution in [0.25, 0.3) is 22.4 Å². The standard InChI is InChI=1S/C42H35N3O10S/c1-50-33-16-13-26(17-34(33)51-2)32(46)23-55-42(49)25-11-14-28(15-12-25)45-38(47)21-37(41(45)48)56-40-30(22-43)29(20-31(44-40)24-9-7-6-8-10-24)27-18-35(52-3)39(54-5)36(19-27)53-4/h6-20,37H,21,23H2,1-5H3. The number of hydrogen-bond acceptors (Lipinski definition) is 13. The first-order valence-electron chi connectivity index (χ1n) is 17.0. The lowest BCUT2D eigenvalue weighted by Crippen LogP contribution is -2.31. The second kappa shape index (κ2) is 17.1. The number of aromatic nitrogens is 1. The van der Waals surface area contributed by atoms with E-state index in [1.165, 1.54) is 71.9 Å². The van der Waals surface area contributed by atoms with Crippen molar-refractivity contribution < 1.29 is 47.6 Å². The number of hydrogen-bond donors (Lipinski definition) is 0. The summed E-state index contributed by atoms with van der Waals surface area (Å²) in [6.45, 7) is -0.524. The molecule has 0 bridgehead atoms. The Morgan fingerprint density at radius 1 is 0.768 bits per heavy atom. The average molecular weight is 774 g/mol. The summed E-state index contributed by atoms with van der Waals surface area (Å²) in [6.07, 6.45) is -0.160. The molecule has 2 heterocycles. The van der Waals surface area contributed by atoms with Gasteiger partial charge in [0.1, 0.15) is 11.1 Å². The van der Waals surface area contributed by atoms with Crippen LogP contribution in [0.3, 0.4) is 0 Å². The van der Waals surface area contributed by atoms with E-state index in [0.717, 1.165) is 22.2 Å². The highest BCUT2D eigenvalue weighted by molar-refractivity contribution is 8.00. The number of carbonyl (C=O) groups is 4. The third-order valence-electron chi connectivity index (χ3n) is 8.90. The number of nitriles is 1. The van der Waals surface area contributed by atoms with Gasteiger partial charge in [0, 0.05) is 23.1 Å². The van der Waals surface area contributed by atoms with Crippen LogP contribution < -0.4 is 28.6 Å². The van der Waals surface area contributed by atoms with Crippen molar-refractivity contribution in [2.75, 3.05) is 47.1 Å². The first-order chi connectivity index (χ1) is 27.1. The molecule has 1 atom stereocenters. The highest BCUT2D eigenvalue weighted by Gasteiger charge is 2.41. The summed E-state index contributed by atoms with van der Waals surface area (Å²) in [6, 6.07) is 27.2. The van der Waals surface area contributed by atoms with Crippen molar-refractivity contribution >= 4 is 41.0 Å². The third-order valence-corrected chi connectivity index (χ3v) is 10.1. The fraction of sp³-hybridized carbons (Fsp3) is 0.190. The molecule has 6 rings (SSSR count). The Bertz CT molecular complexity index is 2330. The number of nitrogens with zero attached hydrogens (tertiary/aromatic N) is 3. The molecule has 56 heavy (non-hydrogen) atoms. The number of imide groups is 1. The zero-order chi connectivity index (χ0) is 39.9. The first-order valence-corrected chi connectivity index (χ1v) is 17.9. The van der Waals surface area contributed by atoms with E-state index in [4.69, 9.17) is 33.4 Å². The van der Waals surface area contributed by atoms with Gasteiger partial charge in [-0.25, -0.2) is 14.7 Å².